The topological polar surface area (TPSA) is 60.5 Å². The van der Waals surface area contributed by atoms with Crippen molar-refractivity contribution in [1.29, 1.82) is 0 Å². The molecule has 0 aliphatic carbocycles. The molecule has 0 radical (unpaired) electrons. The Hall–Kier alpha value is -2.93. The van der Waals surface area contributed by atoms with Gasteiger partial charge in [0.25, 0.3) is 5.91 Å². The lowest BCUT2D eigenvalue weighted by atomic mass is 10.1. The van der Waals surface area contributed by atoms with Crippen LogP contribution in [0.15, 0.2) is 36.4 Å². The summed E-state index contributed by atoms with van der Waals surface area (Å²) in [5, 5.41) is 0. The molecule has 0 N–H and O–H groups in total. The summed E-state index contributed by atoms with van der Waals surface area (Å²) >= 11 is 0. The Morgan fingerprint density at radius 1 is 0.828 bits per heavy atom. The lowest BCUT2D eigenvalue weighted by Gasteiger charge is -2.35. The van der Waals surface area contributed by atoms with E-state index in [4.69, 9.17) is 18.9 Å². The van der Waals surface area contributed by atoms with Crippen molar-refractivity contribution in [3.63, 3.8) is 0 Å². The van der Waals surface area contributed by atoms with Crippen molar-refractivity contribution in [2.24, 2.45) is 0 Å². The average Bonchev–Trinajstić information content (AvgIpc) is 2.78. The Balaban J connectivity index is 1.67. The van der Waals surface area contributed by atoms with Crippen LogP contribution in [-0.4, -0.2) is 70.3 Å². The molecule has 3 rings (SSSR count). The molecule has 156 valence electrons. The Morgan fingerprint density at radius 3 is 1.97 bits per heavy atom. The zero-order valence-corrected chi connectivity index (χ0v) is 17.4. The van der Waals surface area contributed by atoms with Gasteiger partial charge in [-0.2, -0.15) is 0 Å². The van der Waals surface area contributed by atoms with E-state index in [1.54, 1.807) is 40.6 Å². The van der Waals surface area contributed by atoms with Crippen LogP contribution in [-0.2, 0) is 6.54 Å². The highest BCUT2D eigenvalue weighted by Gasteiger charge is 2.25. The monoisotopic (exact) mass is 400 g/mol. The van der Waals surface area contributed by atoms with Gasteiger partial charge < -0.3 is 23.8 Å². The Kier molecular flexibility index (Phi) is 6.82. The first-order chi connectivity index (χ1) is 14.1. The van der Waals surface area contributed by atoms with E-state index in [1.807, 2.05) is 23.1 Å². The molecule has 0 unspecified atom stereocenters. The molecule has 7 nitrogen and oxygen atoms in total. The average molecular weight is 400 g/mol. The number of hydrogen-bond donors (Lipinski definition) is 0. The van der Waals surface area contributed by atoms with Gasteiger partial charge in [-0.25, -0.2) is 0 Å². The summed E-state index contributed by atoms with van der Waals surface area (Å²) in [6, 6.07) is 11.4. The first kappa shape index (κ1) is 20.8. The highest BCUT2D eigenvalue weighted by molar-refractivity contribution is 5.95. The van der Waals surface area contributed by atoms with E-state index in [-0.39, 0.29) is 5.91 Å². The van der Waals surface area contributed by atoms with Crippen molar-refractivity contribution in [2.45, 2.75) is 6.54 Å². The van der Waals surface area contributed by atoms with E-state index in [0.717, 1.165) is 30.9 Å². The van der Waals surface area contributed by atoms with E-state index in [0.29, 0.717) is 35.9 Å². The lowest BCUT2D eigenvalue weighted by Crippen LogP contribution is -2.48. The SMILES string of the molecule is COc1ccccc1CN1CCN(C(=O)c2cc(OC)c(OC)c(OC)c2)CC1. The highest BCUT2D eigenvalue weighted by Crippen LogP contribution is 2.38. The van der Waals surface area contributed by atoms with Crippen molar-refractivity contribution in [3.05, 3.63) is 47.5 Å². The van der Waals surface area contributed by atoms with Crippen LogP contribution >= 0.6 is 0 Å². The highest BCUT2D eigenvalue weighted by atomic mass is 16.5. The van der Waals surface area contributed by atoms with Gasteiger partial charge in [0.1, 0.15) is 5.75 Å². The number of methoxy groups -OCH3 is 4. The minimum absolute atomic E-state index is 0.0406. The molecular weight excluding hydrogens is 372 g/mol. The number of amides is 1. The number of carbonyl (C=O) groups excluding carboxylic acids is 1. The maximum Gasteiger partial charge on any atom is 0.254 e. The third-order valence-corrected chi connectivity index (χ3v) is 5.16. The third kappa shape index (κ3) is 4.56. The maximum absolute atomic E-state index is 13.0. The van der Waals surface area contributed by atoms with E-state index < -0.39 is 0 Å². The Bertz CT molecular complexity index is 822. The van der Waals surface area contributed by atoms with Crippen LogP contribution in [0.25, 0.3) is 0 Å². The predicted molar refractivity (Wildman–Crippen MR) is 110 cm³/mol. The Morgan fingerprint density at radius 2 is 1.41 bits per heavy atom. The van der Waals surface area contributed by atoms with Crippen LogP contribution in [0.1, 0.15) is 15.9 Å². The number of ether oxygens (including phenoxy) is 4. The smallest absolute Gasteiger partial charge is 0.254 e. The van der Waals surface area contributed by atoms with Crippen molar-refractivity contribution in [1.82, 2.24) is 9.80 Å². The van der Waals surface area contributed by atoms with Crippen molar-refractivity contribution in [3.8, 4) is 23.0 Å². The van der Waals surface area contributed by atoms with E-state index >= 15 is 0 Å². The van der Waals surface area contributed by atoms with Gasteiger partial charge in [0.05, 0.1) is 28.4 Å². The number of nitrogens with zero attached hydrogens (tertiary/aromatic N) is 2. The molecule has 1 fully saturated rings. The number of para-hydroxylation sites is 1. The first-order valence-corrected chi connectivity index (χ1v) is 9.54. The standard InChI is InChI=1S/C22H28N2O5/c1-26-18-8-6-5-7-16(18)15-23-9-11-24(12-10-23)22(25)17-13-19(27-2)21(29-4)20(14-17)28-3/h5-8,13-14H,9-12,15H2,1-4H3. The van der Waals surface area contributed by atoms with Crippen LogP contribution in [0.4, 0.5) is 0 Å². The van der Waals surface area contributed by atoms with Gasteiger partial charge in [-0.3, -0.25) is 9.69 Å². The van der Waals surface area contributed by atoms with Crippen LogP contribution in [0.5, 0.6) is 23.0 Å². The summed E-state index contributed by atoms with van der Waals surface area (Å²) in [7, 11) is 6.32. The molecular formula is C22H28N2O5. The molecule has 0 bridgehead atoms. The molecule has 1 heterocycles. The van der Waals surface area contributed by atoms with Crippen LogP contribution in [0.2, 0.25) is 0 Å². The second kappa shape index (κ2) is 9.52. The second-order valence-corrected chi connectivity index (χ2v) is 6.79. The van der Waals surface area contributed by atoms with E-state index in [9.17, 15) is 4.79 Å². The normalized spacial score (nSPS) is 14.4. The summed E-state index contributed by atoms with van der Waals surface area (Å²) in [5.41, 5.74) is 1.68. The molecule has 2 aromatic rings. The van der Waals surface area contributed by atoms with E-state index in [1.165, 1.54) is 0 Å². The first-order valence-electron chi connectivity index (χ1n) is 9.54. The second-order valence-electron chi connectivity index (χ2n) is 6.79. The van der Waals surface area contributed by atoms with Gasteiger partial charge in [-0.15, -0.1) is 0 Å². The number of hydrogen-bond acceptors (Lipinski definition) is 6. The van der Waals surface area contributed by atoms with Gasteiger partial charge in [0.15, 0.2) is 11.5 Å². The molecule has 29 heavy (non-hydrogen) atoms. The summed E-state index contributed by atoms with van der Waals surface area (Å²) in [6.45, 7) is 3.72. The fourth-order valence-electron chi connectivity index (χ4n) is 3.57. The molecule has 7 heteroatoms. The largest absolute Gasteiger partial charge is 0.496 e. The molecule has 1 amide bonds. The summed E-state index contributed by atoms with van der Waals surface area (Å²) < 4.78 is 21.5. The third-order valence-electron chi connectivity index (χ3n) is 5.16. The molecule has 1 saturated heterocycles. The summed E-state index contributed by atoms with van der Waals surface area (Å²) in [4.78, 5) is 17.2. The number of piperazine rings is 1. The van der Waals surface area contributed by atoms with E-state index in [2.05, 4.69) is 11.0 Å². The van der Waals surface area contributed by atoms with Gasteiger partial charge in [-0.05, 0) is 18.2 Å². The predicted octanol–water partition coefficient (Wildman–Crippen LogP) is 2.68. The number of rotatable bonds is 7. The molecule has 1 aliphatic rings. The quantitative estimate of drug-likeness (QED) is 0.712. The number of benzene rings is 2. The minimum Gasteiger partial charge on any atom is -0.496 e. The maximum atomic E-state index is 13.0. The van der Waals surface area contributed by atoms with Gasteiger partial charge in [-0.1, -0.05) is 18.2 Å². The fraction of sp³-hybridized carbons (Fsp3) is 0.409. The molecule has 0 aromatic heterocycles. The van der Waals surface area contributed by atoms with Gasteiger partial charge in [0, 0.05) is 43.9 Å². The lowest BCUT2D eigenvalue weighted by molar-refractivity contribution is 0.0626. The minimum atomic E-state index is -0.0406. The molecule has 1 aliphatic heterocycles. The summed E-state index contributed by atoms with van der Waals surface area (Å²) in [6.07, 6.45) is 0. The van der Waals surface area contributed by atoms with Crippen LogP contribution < -0.4 is 18.9 Å². The fourth-order valence-corrected chi connectivity index (χ4v) is 3.57. The van der Waals surface area contributed by atoms with Gasteiger partial charge >= 0.3 is 0 Å². The van der Waals surface area contributed by atoms with Crippen molar-refractivity contribution >= 4 is 5.91 Å². The number of carbonyl (C=O) groups is 1. The molecule has 0 spiro atoms. The zero-order valence-electron chi connectivity index (χ0n) is 17.4. The zero-order chi connectivity index (χ0) is 20.8. The van der Waals surface area contributed by atoms with Crippen molar-refractivity contribution in [2.75, 3.05) is 54.6 Å². The van der Waals surface area contributed by atoms with Crippen LogP contribution in [0, 0.1) is 0 Å². The summed E-state index contributed by atoms with van der Waals surface area (Å²) in [5.74, 6) is 2.29. The molecule has 0 atom stereocenters. The van der Waals surface area contributed by atoms with Crippen LogP contribution in [0.3, 0.4) is 0 Å². The molecule has 2 aromatic carbocycles. The molecule has 0 saturated carbocycles. The van der Waals surface area contributed by atoms with Gasteiger partial charge in [0.2, 0.25) is 5.75 Å². The van der Waals surface area contributed by atoms with Crippen molar-refractivity contribution < 1.29 is 23.7 Å². The Labute approximate surface area is 171 Å².